The number of hydrogen-bond acceptors (Lipinski definition) is 2. The van der Waals surface area contributed by atoms with E-state index in [4.69, 9.17) is 0 Å². The molecule has 0 spiro atoms. The molecule has 0 amide bonds. The fourth-order valence-corrected chi connectivity index (χ4v) is 5.53. The van der Waals surface area contributed by atoms with Crippen LogP contribution in [0.15, 0.2) is 36.4 Å². The normalized spacial score (nSPS) is 23.5. The molecule has 0 bridgehead atoms. The minimum Gasteiger partial charge on any atom is -0.481 e. The zero-order chi connectivity index (χ0) is 21.9. The number of carbonyl (C=O) groups is 1. The summed E-state index contributed by atoms with van der Waals surface area (Å²) in [5.74, 6) is -0.536. The van der Waals surface area contributed by atoms with Gasteiger partial charge in [0.2, 0.25) is 0 Å². The number of carboxylic acids is 1. The van der Waals surface area contributed by atoms with Gasteiger partial charge in [-0.1, -0.05) is 50.2 Å². The molecule has 0 radical (unpaired) electrons. The van der Waals surface area contributed by atoms with E-state index >= 15 is 0 Å². The van der Waals surface area contributed by atoms with E-state index in [1.165, 1.54) is 49.7 Å². The van der Waals surface area contributed by atoms with E-state index in [-0.39, 0.29) is 5.41 Å². The van der Waals surface area contributed by atoms with Gasteiger partial charge >= 0.3 is 5.97 Å². The Balaban J connectivity index is 1.59. The molecular formula is C28H35NO2. The molecule has 2 fully saturated rings. The Morgan fingerprint density at radius 1 is 1.03 bits per heavy atom. The van der Waals surface area contributed by atoms with E-state index in [1.807, 2.05) is 12.1 Å². The first-order chi connectivity index (χ1) is 14.8. The highest BCUT2D eigenvalue weighted by Crippen LogP contribution is 2.53. The maximum Gasteiger partial charge on any atom is 0.310 e. The summed E-state index contributed by atoms with van der Waals surface area (Å²) in [7, 11) is 2.34. The second kappa shape index (κ2) is 7.48. The van der Waals surface area contributed by atoms with Gasteiger partial charge in [-0.15, -0.1) is 0 Å². The van der Waals surface area contributed by atoms with Crippen LogP contribution in [-0.4, -0.2) is 29.1 Å². The maximum atomic E-state index is 11.3. The second-order valence-corrected chi connectivity index (χ2v) is 10.8. The summed E-state index contributed by atoms with van der Waals surface area (Å²) in [6.07, 6.45) is 7.81. The van der Waals surface area contributed by atoms with Gasteiger partial charge in [0, 0.05) is 12.1 Å². The van der Waals surface area contributed by atoms with Gasteiger partial charge < -0.3 is 5.11 Å². The molecule has 2 aromatic carbocycles. The lowest BCUT2D eigenvalue weighted by atomic mass is 9.68. The van der Waals surface area contributed by atoms with Crippen molar-refractivity contribution in [2.24, 2.45) is 0 Å². The van der Waals surface area contributed by atoms with Crippen molar-refractivity contribution in [1.29, 1.82) is 0 Å². The van der Waals surface area contributed by atoms with Crippen molar-refractivity contribution in [1.82, 2.24) is 4.90 Å². The van der Waals surface area contributed by atoms with Crippen LogP contribution < -0.4 is 0 Å². The van der Waals surface area contributed by atoms with Gasteiger partial charge in [-0.25, -0.2) is 0 Å². The second-order valence-electron chi connectivity index (χ2n) is 10.8. The molecule has 5 rings (SSSR count). The number of aliphatic carboxylic acids is 1. The largest absolute Gasteiger partial charge is 0.481 e. The highest BCUT2D eigenvalue weighted by molar-refractivity contribution is 5.76. The average molecular weight is 418 g/mol. The average Bonchev–Trinajstić information content (AvgIpc) is 3.64. The predicted octanol–water partition coefficient (Wildman–Crippen LogP) is 6.63. The van der Waals surface area contributed by atoms with Gasteiger partial charge in [0.05, 0.1) is 5.92 Å². The molecule has 3 aliphatic carbocycles. The Morgan fingerprint density at radius 2 is 1.71 bits per heavy atom. The Kier molecular flexibility index (Phi) is 5.01. The first-order valence-corrected chi connectivity index (χ1v) is 12.0. The van der Waals surface area contributed by atoms with Crippen LogP contribution in [0.5, 0.6) is 0 Å². The van der Waals surface area contributed by atoms with Crippen molar-refractivity contribution in [3.8, 4) is 11.1 Å². The topological polar surface area (TPSA) is 40.5 Å². The van der Waals surface area contributed by atoms with E-state index in [0.717, 1.165) is 11.6 Å². The summed E-state index contributed by atoms with van der Waals surface area (Å²) < 4.78 is 0. The number of hydrogen-bond donors (Lipinski definition) is 1. The van der Waals surface area contributed by atoms with Crippen LogP contribution in [0.2, 0.25) is 0 Å². The minimum absolute atomic E-state index is 0.188. The molecule has 0 aliphatic heterocycles. The van der Waals surface area contributed by atoms with E-state index in [0.29, 0.717) is 12.0 Å². The van der Waals surface area contributed by atoms with Gasteiger partial charge in [-0.05, 0) is 97.2 Å². The molecule has 1 N–H and O–H groups in total. The Labute approximate surface area is 186 Å². The van der Waals surface area contributed by atoms with Crippen molar-refractivity contribution in [3.63, 3.8) is 0 Å². The van der Waals surface area contributed by atoms with E-state index in [9.17, 15) is 9.90 Å². The summed E-state index contributed by atoms with van der Waals surface area (Å²) in [6.45, 7) is 6.58. The van der Waals surface area contributed by atoms with Crippen LogP contribution in [0.1, 0.15) is 99.4 Å². The smallest absolute Gasteiger partial charge is 0.310 e. The van der Waals surface area contributed by atoms with Crippen molar-refractivity contribution in [2.45, 2.75) is 88.6 Å². The summed E-state index contributed by atoms with van der Waals surface area (Å²) >= 11 is 0. The molecule has 3 aliphatic rings. The van der Waals surface area contributed by atoms with Gasteiger partial charge in [-0.3, -0.25) is 9.69 Å². The van der Waals surface area contributed by atoms with Gasteiger partial charge in [0.1, 0.15) is 0 Å². The minimum atomic E-state index is -0.773. The van der Waals surface area contributed by atoms with E-state index in [2.05, 4.69) is 50.1 Å². The molecule has 2 saturated carbocycles. The maximum absolute atomic E-state index is 11.3. The molecule has 3 heteroatoms. The molecule has 164 valence electrons. The summed E-state index contributed by atoms with van der Waals surface area (Å²) in [5.41, 5.74) is 8.29. The number of fused-ring (bicyclic) bond motifs is 1. The zero-order valence-electron chi connectivity index (χ0n) is 19.3. The fourth-order valence-electron chi connectivity index (χ4n) is 5.53. The summed E-state index contributed by atoms with van der Waals surface area (Å²) in [5, 5.41) is 9.33. The monoisotopic (exact) mass is 417 g/mol. The third kappa shape index (κ3) is 3.82. The molecule has 0 saturated heterocycles. The predicted molar refractivity (Wildman–Crippen MR) is 126 cm³/mol. The molecule has 0 aromatic heterocycles. The molecule has 31 heavy (non-hydrogen) atoms. The van der Waals surface area contributed by atoms with Gasteiger partial charge in [0.25, 0.3) is 0 Å². The van der Waals surface area contributed by atoms with Crippen LogP contribution >= 0.6 is 0 Å². The SMILES string of the molecule is CC(C(=O)O)c1ccc(-c2cc(C3CC3)c3c(c2)C(C)(C)CCC3N(C)C2CC2)cc1. The summed E-state index contributed by atoms with van der Waals surface area (Å²) in [6, 6.07) is 14.4. The molecule has 2 unspecified atom stereocenters. The third-order valence-electron chi connectivity index (χ3n) is 8.06. The number of carboxylic acid groups (broad SMARTS) is 1. The third-order valence-corrected chi connectivity index (χ3v) is 8.06. The van der Waals surface area contributed by atoms with E-state index in [1.54, 1.807) is 23.6 Å². The Morgan fingerprint density at radius 3 is 2.29 bits per heavy atom. The highest BCUT2D eigenvalue weighted by atomic mass is 16.4. The number of nitrogens with zero attached hydrogens (tertiary/aromatic N) is 1. The van der Waals surface area contributed by atoms with Crippen molar-refractivity contribution in [3.05, 3.63) is 58.7 Å². The van der Waals surface area contributed by atoms with Crippen LogP contribution in [-0.2, 0) is 10.2 Å². The van der Waals surface area contributed by atoms with Crippen LogP contribution in [0.3, 0.4) is 0 Å². The molecular weight excluding hydrogens is 382 g/mol. The number of benzene rings is 2. The first-order valence-electron chi connectivity index (χ1n) is 12.0. The Hall–Kier alpha value is -2.13. The van der Waals surface area contributed by atoms with Gasteiger partial charge in [-0.2, -0.15) is 0 Å². The molecule has 0 heterocycles. The molecule has 2 aromatic rings. The lowest BCUT2D eigenvalue weighted by Crippen LogP contribution is -2.36. The fraction of sp³-hybridized carbons (Fsp3) is 0.536. The van der Waals surface area contributed by atoms with Crippen LogP contribution in [0.25, 0.3) is 11.1 Å². The van der Waals surface area contributed by atoms with Gasteiger partial charge in [0.15, 0.2) is 0 Å². The summed E-state index contributed by atoms with van der Waals surface area (Å²) in [4.78, 5) is 14.0. The Bertz CT molecular complexity index is 998. The standard InChI is InChI=1S/C28H35NO2/c1-17(27(30)31)18-5-7-19(8-6-18)21-15-23(20-9-10-20)26-24(16-21)28(2,3)14-13-25(26)29(4)22-11-12-22/h5-8,15-17,20,22,25H,9-14H2,1-4H3,(H,30,31). The first kappa shape index (κ1) is 20.8. The van der Waals surface area contributed by atoms with E-state index < -0.39 is 11.9 Å². The van der Waals surface area contributed by atoms with Crippen molar-refractivity contribution < 1.29 is 9.90 Å². The number of rotatable bonds is 6. The zero-order valence-corrected chi connectivity index (χ0v) is 19.3. The highest BCUT2D eigenvalue weighted by Gasteiger charge is 2.42. The quantitative estimate of drug-likeness (QED) is 0.574. The van der Waals surface area contributed by atoms with Crippen molar-refractivity contribution >= 4 is 5.97 Å². The molecule has 2 atom stereocenters. The van der Waals surface area contributed by atoms with Crippen LogP contribution in [0.4, 0.5) is 0 Å². The lowest BCUT2D eigenvalue weighted by molar-refractivity contribution is -0.138. The lowest BCUT2D eigenvalue weighted by Gasteiger charge is -2.42. The molecule has 3 nitrogen and oxygen atoms in total. The van der Waals surface area contributed by atoms with Crippen molar-refractivity contribution in [2.75, 3.05) is 7.05 Å². The van der Waals surface area contributed by atoms with Crippen LogP contribution in [0, 0.1) is 0 Å².